The minimum Gasteiger partial charge on any atom is -0.411 e. The largest absolute Gasteiger partial charge is 0.411 e. The quantitative estimate of drug-likeness (QED) is 0.405. The fourth-order valence-electron chi connectivity index (χ4n) is 1.31. The summed E-state index contributed by atoms with van der Waals surface area (Å²) >= 11 is 0. The molecule has 3 N–H and O–H groups in total. The minimum atomic E-state index is 0.630. The van der Waals surface area contributed by atoms with E-state index in [0.29, 0.717) is 30.1 Å². The number of aromatic amines is 1. The summed E-state index contributed by atoms with van der Waals surface area (Å²) in [4.78, 5) is 15.1. The number of nitrogens with one attached hydrogen (secondary N) is 2. The van der Waals surface area contributed by atoms with Crippen molar-refractivity contribution in [3.05, 3.63) is 12.7 Å². The second-order valence-electron chi connectivity index (χ2n) is 3.34. The number of nitrogens with zero attached hydrogens (tertiary/aromatic N) is 4. The average molecular weight is 220 g/mol. The highest BCUT2D eigenvalue weighted by molar-refractivity contribution is 5.83. The molecule has 2 aromatic rings. The van der Waals surface area contributed by atoms with Crippen molar-refractivity contribution >= 4 is 22.7 Å². The summed E-state index contributed by atoms with van der Waals surface area (Å²) in [7, 11) is 0. The molecule has 0 unspecified atom stereocenters. The van der Waals surface area contributed by atoms with Gasteiger partial charge in [-0.3, -0.25) is 0 Å². The zero-order valence-electron chi connectivity index (χ0n) is 8.80. The van der Waals surface area contributed by atoms with Crippen molar-refractivity contribution in [2.75, 3.05) is 11.9 Å². The van der Waals surface area contributed by atoms with Crippen LogP contribution in [-0.2, 0) is 0 Å². The van der Waals surface area contributed by atoms with Crippen LogP contribution in [0.5, 0.6) is 0 Å². The molecule has 16 heavy (non-hydrogen) atoms. The molecule has 2 heterocycles. The summed E-state index contributed by atoms with van der Waals surface area (Å²) in [5.74, 6) is 0.702. The van der Waals surface area contributed by atoms with Gasteiger partial charge in [0.25, 0.3) is 0 Å². The minimum absolute atomic E-state index is 0.630. The van der Waals surface area contributed by atoms with E-state index in [0.717, 1.165) is 5.52 Å². The Bertz CT molecular complexity index is 505. The standard InChI is InChI=1S/C9H12N6O/c1-6(15-16)2-3-10-8-7-9(12-4-11-7)14-5-13-8/h4-5,16H,2-3H2,1H3,(H2,10,11,12,13,14). The molecule has 0 fully saturated rings. The van der Waals surface area contributed by atoms with E-state index in [4.69, 9.17) is 5.21 Å². The third-order valence-corrected chi connectivity index (χ3v) is 2.17. The van der Waals surface area contributed by atoms with Gasteiger partial charge in [-0.1, -0.05) is 5.16 Å². The maximum atomic E-state index is 8.49. The Morgan fingerprint density at radius 2 is 2.38 bits per heavy atom. The van der Waals surface area contributed by atoms with Crippen molar-refractivity contribution in [1.82, 2.24) is 19.9 Å². The number of anilines is 1. The summed E-state index contributed by atoms with van der Waals surface area (Å²) in [5.41, 5.74) is 2.08. The van der Waals surface area contributed by atoms with Crippen molar-refractivity contribution in [2.45, 2.75) is 13.3 Å². The van der Waals surface area contributed by atoms with E-state index in [1.807, 2.05) is 0 Å². The van der Waals surface area contributed by atoms with E-state index in [9.17, 15) is 0 Å². The lowest BCUT2D eigenvalue weighted by Crippen LogP contribution is -2.08. The number of oxime groups is 1. The maximum Gasteiger partial charge on any atom is 0.182 e. The second-order valence-corrected chi connectivity index (χ2v) is 3.34. The van der Waals surface area contributed by atoms with Gasteiger partial charge in [0.1, 0.15) is 11.8 Å². The van der Waals surface area contributed by atoms with Crippen molar-refractivity contribution in [1.29, 1.82) is 0 Å². The van der Waals surface area contributed by atoms with Crippen LogP contribution in [0.2, 0.25) is 0 Å². The van der Waals surface area contributed by atoms with E-state index < -0.39 is 0 Å². The van der Waals surface area contributed by atoms with Gasteiger partial charge in [-0.2, -0.15) is 0 Å². The lowest BCUT2D eigenvalue weighted by molar-refractivity contribution is 0.317. The van der Waals surface area contributed by atoms with Crippen LogP contribution >= 0.6 is 0 Å². The highest BCUT2D eigenvalue weighted by atomic mass is 16.4. The van der Waals surface area contributed by atoms with Crippen LogP contribution in [0, 0.1) is 0 Å². The molecule has 7 nitrogen and oxygen atoms in total. The summed E-state index contributed by atoms with van der Waals surface area (Å²) in [6.45, 7) is 2.40. The van der Waals surface area contributed by atoms with Gasteiger partial charge in [0.15, 0.2) is 11.5 Å². The third kappa shape index (κ3) is 2.08. The van der Waals surface area contributed by atoms with Gasteiger partial charge in [-0.25, -0.2) is 15.0 Å². The Morgan fingerprint density at radius 1 is 1.50 bits per heavy atom. The predicted molar refractivity (Wildman–Crippen MR) is 59.7 cm³/mol. The first kappa shape index (κ1) is 10.3. The van der Waals surface area contributed by atoms with Gasteiger partial charge >= 0.3 is 0 Å². The third-order valence-electron chi connectivity index (χ3n) is 2.17. The Balaban J connectivity index is 2.07. The summed E-state index contributed by atoms with van der Waals surface area (Å²) in [6, 6.07) is 0. The van der Waals surface area contributed by atoms with E-state index in [2.05, 4.69) is 30.4 Å². The lowest BCUT2D eigenvalue weighted by Gasteiger charge is -2.04. The van der Waals surface area contributed by atoms with Crippen LogP contribution in [0.1, 0.15) is 13.3 Å². The van der Waals surface area contributed by atoms with Crippen LogP contribution in [-0.4, -0.2) is 37.4 Å². The number of imidazole rings is 1. The molecule has 2 rings (SSSR count). The van der Waals surface area contributed by atoms with Crippen molar-refractivity contribution in [3.8, 4) is 0 Å². The highest BCUT2D eigenvalue weighted by Crippen LogP contribution is 2.13. The molecule has 0 aromatic carbocycles. The molecule has 0 radical (unpaired) electrons. The van der Waals surface area contributed by atoms with E-state index in [-0.39, 0.29) is 0 Å². The van der Waals surface area contributed by atoms with Crippen LogP contribution in [0.25, 0.3) is 11.2 Å². The fraction of sp³-hybridized carbons (Fsp3) is 0.333. The maximum absolute atomic E-state index is 8.49. The molecule has 2 aromatic heterocycles. The Labute approximate surface area is 91.6 Å². The van der Waals surface area contributed by atoms with Crippen LogP contribution in [0.4, 0.5) is 5.82 Å². The molecule has 84 valence electrons. The SMILES string of the molecule is CC(CCNc1ncnc2nc[nH]c12)=NO. The predicted octanol–water partition coefficient (Wildman–Crippen LogP) is 1.00. The molecule has 0 atom stereocenters. The van der Waals surface area contributed by atoms with Gasteiger partial charge in [-0.15, -0.1) is 0 Å². The first-order valence-corrected chi connectivity index (χ1v) is 4.86. The molecule has 0 amide bonds. The smallest absolute Gasteiger partial charge is 0.182 e. The molecule has 0 saturated carbocycles. The normalized spacial score (nSPS) is 11.9. The Morgan fingerprint density at radius 3 is 3.19 bits per heavy atom. The van der Waals surface area contributed by atoms with Gasteiger partial charge in [-0.05, 0) is 6.92 Å². The van der Waals surface area contributed by atoms with Crippen LogP contribution < -0.4 is 5.32 Å². The van der Waals surface area contributed by atoms with Crippen LogP contribution in [0.3, 0.4) is 0 Å². The number of rotatable bonds is 4. The van der Waals surface area contributed by atoms with E-state index in [1.165, 1.54) is 6.33 Å². The van der Waals surface area contributed by atoms with Gasteiger partial charge in [0, 0.05) is 13.0 Å². The molecule has 0 saturated heterocycles. The number of hydrogen-bond donors (Lipinski definition) is 3. The van der Waals surface area contributed by atoms with Gasteiger partial charge in [0.2, 0.25) is 0 Å². The first-order chi connectivity index (χ1) is 7.81. The summed E-state index contributed by atoms with van der Waals surface area (Å²) in [6.07, 6.45) is 3.68. The molecular weight excluding hydrogens is 208 g/mol. The van der Waals surface area contributed by atoms with Crippen molar-refractivity contribution in [3.63, 3.8) is 0 Å². The zero-order chi connectivity index (χ0) is 11.4. The number of H-pyrrole nitrogens is 1. The molecular formula is C9H12N6O. The lowest BCUT2D eigenvalue weighted by atomic mass is 10.3. The van der Waals surface area contributed by atoms with E-state index in [1.54, 1.807) is 13.3 Å². The molecule has 0 aliphatic rings. The topological polar surface area (TPSA) is 99.1 Å². The Kier molecular flexibility index (Phi) is 2.95. The molecule has 7 heteroatoms. The van der Waals surface area contributed by atoms with Crippen molar-refractivity contribution < 1.29 is 5.21 Å². The molecule has 0 bridgehead atoms. The second kappa shape index (κ2) is 4.56. The zero-order valence-corrected chi connectivity index (χ0v) is 8.80. The number of fused-ring (bicyclic) bond motifs is 1. The Hall–Kier alpha value is -2.18. The first-order valence-electron chi connectivity index (χ1n) is 4.86. The van der Waals surface area contributed by atoms with E-state index >= 15 is 0 Å². The summed E-state index contributed by atoms with van der Waals surface area (Å²) < 4.78 is 0. The molecule has 0 aliphatic heterocycles. The fourth-order valence-corrected chi connectivity index (χ4v) is 1.31. The van der Waals surface area contributed by atoms with Gasteiger partial charge in [0.05, 0.1) is 12.0 Å². The van der Waals surface area contributed by atoms with Gasteiger partial charge < -0.3 is 15.5 Å². The molecule has 0 spiro atoms. The average Bonchev–Trinajstić information content (AvgIpc) is 2.77. The van der Waals surface area contributed by atoms with Crippen molar-refractivity contribution in [2.24, 2.45) is 5.16 Å². The number of aromatic nitrogens is 4. The monoisotopic (exact) mass is 220 g/mol. The molecule has 0 aliphatic carbocycles. The number of hydrogen-bond acceptors (Lipinski definition) is 6. The highest BCUT2D eigenvalue weighted by Gasteiger charge is 2.04. The van der Waals surface area contributed by atoms with Crippen LogP contribution in [0.15, 0.2) is 17.8 Å². The summed E-state index contributed by atoms with van der Waals surface area (Å²) in [5, 5.41) is 14.7.